The fraction of sp³-hybridized carbons (Fsp3) is 0.250. The molecule has 0 N–H and O–H groups in total. The number of aryl methyl sites for hydroxylation is 2. The Kier molecular flexibility index (Phi) is 5.16. The molecule has 5 aromatic rings. The second-order valence-electron chi connectivity index (χ2n) is 8.74. The van der Waals surface area contributed by atoms with E-state index in [2.05, 4.69) is 50.2 Å². The maximum atomic E-state index is 12.7. The smallest absolute Gasteiger partial charge is 0.239 e. The third kappa shape index (κ3) is 3.44. The Balaban J connectivity index is 1.73. The van der Waals surface area contributed by atoms with Crippen molar-refractivity contribution in [1.82, 2.24) is 4.98 Å². The van der Waals surface area contributed by atoms with E-state index in [1.807, 2.05) is 31.3 Å². The van der Waals surface area contributed by atoms with Crippen LogP contribution >= 0.6 is 0 Å². The predicted molar refractivity (Wildman–Crippen MR) is 128 cm³/mol. The molecule has 0 saturated carbocycles. The lowest BCUT2D eigenvalue weighted by atomic mass is 9.92. The molecule has 0 aliphatic rings. The molecule has 2 nitrogen and oxygen atoms in total. The number of hydrogen-bond donors (Lipinski definition) is 0. The van der Waals surface area contributed by atoms with Gasteiger partial charge in [0.15, 0.2) is 5.58 Å². The topological polar surface area (TPSA) is 26.0 Å². The van der Waals surface area contributed by atoms with E-state index in [1.54, 1.807) is 0 Å². The minimum atomic E-state index is -2.31. The minimum absolute atomic E-state index is 0.144. The summed E-state index contributed by atoms with van der Waals surface area (Å²) >= 11 is 0. The van der Waals surface area contributed by atoms with Gasteiger partial charge in [0.2, 0.25) is 6.43 Å². The van der Waals surface area contributed by atoms with E-state index in [0.717, 1.165) is 44.3 Å². The Labute approximate surface area is 185 Å². The molecule has 0 radical (unpaired) electrons. The lowest BCUT2D eigenvalue weighted by molar-refractivity contribution is 0.138. The molecule has 2 aromatic heterocycles. The Hall–Kier alpha value is -3.27. The molecule has 5 rings (SSSR count). The maximum Gasteiger partial charge on any atom is 0.239 e. The standard InChI is InChI=1S/C28H25F2NO/c1-16(2)24-15-20(14-19-6-4-5-7-21(19)24)26-28-23(12-13-31-26)22-10-8-18(9-11-25(29)30)17(3)27(22)32-28/h4-8,10,12-16,25H,9,11H2,1-3H3. The lowest BCUT2D eigenvalue weighted by Gasteiger charge is -2.13. The van der Waals surface area contributed by atoms with Crippen molar-refractivity contribution >= 4 is 32.7 Å². The summed E-state index contributed by atoms with van der Waals surface area (Å²) in [6.07, 6.45) is -0.297. The summed E-state index contributed by atoms with van der Waals surface area (Å²) in [6.45, 7) is 6.35. The van der Waals surface area contributed by atoms with Crippen LogP contribution in [-0.2, 0) is 6.42 Å². The molecule has 0 aliphatic heterocycles. The zero-order chi connectivity index (χ0) is 22.4. The monoisotopic (exact) mass is 429 g/mol. The zero-order valence-corrected chi connectivity index (χ0v) is 18.5. The Bertz CT molecular complexity index is 1450. The summed E-state index contributed by atoms with van der Waals surface area (Å²) in [5.41, 5.74) is 6.42. The van der Waals surface area contributed by atoms with Crippen LogP contribution in [0.25, 0.3) is 44.0 Å². The molecule has 4 heteroatoms. The zero-order valence-electron chi connectivity index (χ0n) is 18.5. The Morgan fingerprint density at radius 2 is 1.69 bits per heavy atom. The molecule has 0 fully saturated rings. The van der Waals surface area contributed by atoms with Crippen LogP contribution < -0.4 is 0 Å². The quantitative estimate of drug-likeness (QED) is 0.280. The van der Waals surface area contributed by atoms with Crippen molar-refractivity contribution in [3.8, 4) is 11.3 Å². The van der Waals surface area contributed by atoms with Crippen LogP contribution in [0.4, 0.5) is 8.78 Å². The van der Waals surface area contributed by atoms with Gasteiger partial charge in [-0.3, -0.25) is 4.98 Å². The summed E-state index contributed by atoms with van der Waals surface area (Å²) in [5.74, 6) is 0.370. The van der Waals surface area contributed by atoms with Gasteiger partial charge in [0.25, 0.3) is 0 Å². The van der Waals surface area contributed by atoms with Gasteiger partial charge in [0, 0.05) is 29.0 Å². The van der Waals surface area contributed by atoms with Crippen molar-refractivity contribution < 1.29 is 13.2 Å². The van der Waals surface area contributed by atoms with Crippen LogP contribution in [0.5, 0.6) is 0 Å². The second-order valence-corrected chi connectivity index (χ2v) is 8.74. The van der Waals surface area contributed by atoms with Crippen LogP contribution in [0.2, 0.25) is 0 Å². The van der Waals surface area contributed by atoms with E-state index in [0.29, 0.717) is 12.3 Å². The maximum absolute atomic E-state index is 12.7. The number of alkyl halides is 2. The largest absolute Gasteiger partial charge is 0.453 e. The molecular formula is C28H25F2NO. The number of aromatic nitrogens is 1. The molecule has 0 atom stereocenters. The number of hydrogen-bond acceptors (Lipinski definition) is 2. The average molecular weight is 430 g/mol. The van der Waals surface area contributed by atoms with Crippen molar-refractivity contribution in [2.75, 3.05) is 0 Å². The molecule has 3 aromatic carbocycles. The van der Waals surface area contributed by atoms with Crippen LogP contribution in [0.1, 0.15) is 42.9 Å². The fourth-order valence-electron chi connectivity index (χ4n) is 4.64. The number of furan rings is 1. The first-order valence-electron chi connectivity index (χ1n) is 11.0. The highest BCUT2D eigenvalue weighted by atomic mass is 19.3. The second kappa shape index (κ2) is 8.01. The SMILES string of the molecule is Cc1c(CCC(F)F)ccc2c1oc1c(-c3cc(C(C)C)c4ccccc4c3)nccc12. The Morgan fingerprint density at radius 1 is 0.906 bits per heavy atom. The van der Waals surface area contributed by atoms with Gasteiger partial charge >= 0.3 is 0 Å². The third-order valence-electron chi connectivity index (χ3n) is 6.34. The first kappa shape index (κ1) is 20.6. The van der Waals surface area contributed by atoms with Gasteiger partial charge in [-0.2, -0.15) is 0 Å². The van der Waals surface area contributed by atoms with Gasteiger partial charge in [-0.05, 0) is 64.9 Å². The normalized spacial score (nSPS) is 12.1. The van der Waals surface area contributed by atoms with E-state index < -0.39 is 6.43 Å². The van der Waals surface area contributed by atoms with Crippen LogP contribution in [-0.4, -0.2) is 11.4 Å². The number of benzene rings is 3. The molecule has 0 saturated heterocycles. The summed E-state index contributed by atoms with van der Waals surface area (Å²) in [4.78, 5) is 4.70. The van der Waals surface area contributed by atoms with Gasteiger partial charge in [0.05, 0.1) is 0 Å². The van der Waals surface area contributed by atoms with Gasteiger partial charge in [-0.1, -0.05) is 50.2 Å². The third-order valence-corrected chi connectivity index (χ3v) is 6.34. The molecule has 0 amide bonds. The van der Waals surface area contributed by atoms with E-state index in [4.69, 9.17) is 9.40 Å². The van der Waals surface area contributed by atoms with Crippen molar-refractivity contribution in [1.29, 1.82) is 0 Å². The molecule has 0 bridgehead atoms. The van der Waals surface area contributed by atoms with Crippen molar-refractivity contribution in [3.05, 3.63) is 77.5 Å². The summed E-state index contributed by atoms with van der Waals surface area (Å²) < 4.78 is 31.9. The molecule has 0 aliphatic carbocycles. The van der Waals surface area contributed by atoms with E-state index in [-0.39, 0.29) is 6.42 Å². The Morgan fingerprint density at radius 3 is 2.47 bits per heavy atom. The highest BCUT2D eigenvalue weighted by Gasteiger charge is 2.18. The van der Waals surface area contributed by atoms with Gasteiger partial charge in [0.1, 0.15) is 11.3 Å². The highest BCUT2D eigenvalue weighted by molar-refractivity contribution is 6.10. The summed E-state index contributed by atoms with van der Waals surface area (Å²) in [7, 11) is 0. The number of halogens is 2. The molecule has 0 spiro atoms. The van der Waals surface area contributed by atoms with Crippen LogP contribution in [0.3, 0.4) is 0 Å². The first-order valence-corrected chi connectivity index (χ1v) is 11.0. The number of nitrogens with zero attached hydrogens (tertiary/aromatic N) is 1. The number of pyridine rings is 1. The van der Waals surface area contributed by atoms with Crippen molar-refractivity contribution in [2.45, 2.75) is 46.0 Å². The fourth-order valence-corrected chi connectivity index (χ4v) is 4.64. The van der Waals surface area contributed by atoms with E-state index in [1.165, 1.54) is 16.3 Å². The summed E-state index contributed by atoms with van der Waals surface area (Å²) in [6, 6.07) is 18.7. The predicted octanol–water partition coefficient (Wildman–Crippen LogP) is 8.43. The van der Waals surface area contributed by atoms with Crippen LogP contribution in [0.15, 0.2) is 65.2 Å². The van der Waals surface area contributed by atoms with Gasteiger partial charge < -0.3 is 4.42 Å². The van der Waals surface area contributed by atoms with Crippen molar-refractivity contribution in [3.63, 3.8) is 0 Å². The molecule has 0 unspecified atom stereocenters. The van der Waals surface area contributed by atoms with E-state index in [9.17, 15) is 8.78 Å². The van der Waals surface area contributed by atoms with E-state index >= 15 is 0 Å². The lowest BCUT2D eigenvalue weighted by Crippen LogP contribution is -1.96. The molecule has 2 heterocycles. The van der Waals surface area contributed by atoms with Gasteiger partial charge in [-0.15, -0.1) is 0 Å². The highest BCUT2D eigenvalue weighted by Crippen LogP contribution is 2.39. The van der Waals surface area contributed by atoms with Crippen molar-refractivity contribution in [2.24, 2.45) is 0 Å². The first-order chi connectivity index (χ1) is 15.4. The average Bonchev–Trinajstić information content (AvgIpc) is 3.17. The molecular weight excluding hydrogens is 404 g/mol. The number of rotatable bonds is 5. The van der Waals surface area contributed by atoms with Crippen LogP contribution in [0, 0.1) is 6.92 Å². The molecule has 162 valence electrons. The molecule has 32 heavy (non-hydrogen) atoms. The minimum Gasteiger partial charge on any atom is -0.453 e. The van der Waals surface area contributed by atoms with Gasteiger partial charge in [-0.25, -0.2) is 8.78 Å². The summed E-state index contributed by atoms with van der Waals surface area (Å²) in [5, 5.41) is 4.41. The number of fused-ring (bicyclic) bond motifs is 4.